The van der Waals surface area contributed by atoms with E-state index in [0.29, 0.717) is 0 Å². The molecular weight excluding hydrogens is 190 g/mol. The van der Waals surface area contributed by atoms with Crippen LogP contribution in [0, 0.1) is 0 Å². The third-order valence-corrected chi connectivity index (χ3v) is 2.32. The average molecular weight is 209 g/mol. The van der Waals surface area contributed by atoms with E-state index in [1.54, 1.807) is 14.2 Å². The molecule has 0 saturated carbocycles. The molecule has 0 aromatic heterocycles. The molecule has 0 atom stereocenters. The van der Waals surface area contributed by atoms with Crippen molar-refractivity contribution in [1.29, 1.82) is 0 Å². The molecule has 0 fully saturated rings. The van der Waals surface area contributed by atoms with Crippen LogP contribution in [-0.4, -0.2) is 39.8 Å². The van der Waals surface area contributed by atoms with Crippen molar-refractivity contribution in [2.45, 2.75) is 6.42 Å². The lowest BCUT2D eigenvalue weighted by atomic mass is 10.1. The minimum atomic E-state index is 0.834. The second-order valence-corrected chi connectivity index (χ2v) is 3.73. The third-order valence-electron chi connectivity index (χ3n) is 2.32. The lowest BCUT2D eigenvalue weighted by Crippen LogP contribution is -2.15. The van der Waals surface area contributed by atoms with Crippen LogP contribution in [0.5, 0.6) is 11.5 Å². The number of likely N-dealkylation sites (N-methyl/N-ethyl adjacent to an activating group) is 1. The molecule has 0 bridgehead atoms. The minimum absolute atomic E-state index is 0.834. The van der Waals surface area contributed by atoms with Gasteiger partial charge in [0.15, 0.2) is 0 Å². The van der Waals surface area contributed by atoms with Gasteiger partial charge in [0.1, 0.15) is 11.5 Å². The molecule has 15 heavy (non-hydrogen) atoms. The highest BCUT2D eigenvalue weighted by Gasteiger charge is 2.04. The zero-order valence-electron chi connectivity index (χ0n) is 9.91. The van der Waals surface area contributed by atoms with Crippen LogP contribution in [-0.2, 0) is 6.42 Å². The molecule has 3 nitrogen and oxygen atoms in total. The van der Waals surface area contributed by atoms with Crippen molar-refractivity contribution < 1.29 is 9.47 Å². The highest BCUT2D eigenvalue weighted by Crippen LogP contribution is 2.24. The molecule has 0 saturated heterocycles. The van der Waals surface area contributed by atoms with Crippen molar-refractivity contribution in [3.63, 3.8) is 0 Å². The molecule has 0 aliphatic carbocycles. The van der Waals surface area contributed by atoms with Crippen LogP contribution in [0.1, 0.15) is 5.56 Å². The van der Waals surface area contributed by atoms with Crippen LogP contribution in [0.2, 0.25) is 0 Å². The molecule has 0 spiro atoms. The number of hydrogen-bond donors (Lipinski definition) is 0. The topological polar surface area (TPSA) is 21.7 Å². The van der Waals surface area contributed by atoms with E-state index < -0.39 is 0 Å². The summed E-state index contributed by atoms with van der Waals surface area (Å²) in [4.78, 5) is 2.16. The second kappa shape index (κ2) is 5.61. The average Bonchev–Trinajstić information content (AvgIpc) is 2.25. The number of benzene rings is 1. The Morgan fingerprint density at radius 3 is 2.40 bits per heavy atom. The number of rotatable bonds is 5. The molecule has 1 rings (SSSR count). The maximum Gasteiger partial charge on any atom is 0.125 e. The maximum absolute atomic E-state index is 5.32. The molecule has 0 heterocycles. The third kappa shape index (κ3) is 3.44. The lowest BCUT2D eigenvalue weighted by molar-refractivity contribution is 0.382. The van der Waals surface area contributed by atoms with Gasteiger partial charge in [-0.25, -0.2) is 0 Å². The first kappa shape index (κ1) is 11.9. The zero-order valence-corrected chi connectivity index (χ0v) is 9.91. The maximum atomic E-state index is 5.32. The highest BCUT2D eigenvalue weighted by molar-refractivity contribution is 5.40. The van der Waals surface area contributed by atoms with Gasteiger partial charge in [0.05, 0.1) is 14.2 Å². The van der Waals surface area contributed by atoms with E-state index >= 15 is 0 Å². The summed E-state index contributed by atoms with van der Waals surface area (Å²) in [6.45, 7) is 1.02. The van der Waals surface area contributed by atoms with Crippen LogP contribution in [0.3, 0.4) is 0 Å². The predicted octanol–water partition coefficient (Wildman–Crippen LogP) is 1.81. The Kier molecular flexibility index (Phi) is 4.43. The second-order valence-electron chi connectivity index (χ2n) is 3.73. The van der Waals surface area contributed by atoms with Crippen LogP contribution in [0.4, 0.5) is 0 Å². The van der Waals surface area contributed by atoms with Gasteiger partial charge in [-0.15, -0.1) is 0 Å². The van der Waals surface area contributed by atoms with Gasteiger partial charge in [-0.05, 0) is 32.1 Å². The molecule has 84 valence electrons. The van der Waals surface area contributed by atoms with Crippen molar-refractivity contribution in [1.82, 2.24) is 4.90 Å². The fraction of sp³-hybridized carbons (Fsp3) is 0.500. The van der Waals surface area contributed by atoms with Gasteiger partial charge >= 0.3 is 0 Å². The molecule has 0 radical (unpaired) electrons. The van der Waals surface area contributed by atoms with Crippen LogP contribution < -0.4 is 9.47 Å². The van der Waals surface area contributed by atoms with Gasteiger partial charge < -0.3 is 14.4 Å². The summed E-state index contributed by atoms with van der Waals surface area (Å²) in [5.74, 6) is 1.73. The number of nitrogens with zero attached hydrogens (tertiary/aromatic N) is 1. The molecule has 0 N–H and O–H groups in total. The largest absolute Gasteiger partial charge is 0.497 e. The highest BCUT2D eigenvalue weighted by atomic mass is 16.5. The Morgan fingerprint density at radius 1 is 1.13 bits per heavy atom. The summed E-state index contributed by atoms with van der Waals surface area (Å²) in [6, 6.07) is 5.94. The number of hydrogen-bond acceptors (Lipinski definition) is 3. The van der Waals surface area contributed by atoms with Gasteiger partial charge in [-0.2, -0.15) is 0 Å². The predicted molar refractivity (Wildman–Crippen MR) is 61.8 cm³/mol. The van der Waals surface area contributed by atoms with E-state index in [2.05, 4.69) is 25.1 Å². The lowest BCUT2D eigenvalue weighted by Gasteiger charge is -2.13. The number of ether oxygens (including phenoxy) is 2. The van der Waals surface area contributed by atoms with Gasteiger partial charge in [-0.1, -0.05) is 6.07 Å². The van der Waals surface area contributed by atoms with E-state index in [4.69, 9.17) is 9.47 Å². The molecule has 0 aliphatic heterocycles. The van der Waals surface area contributed by atoms with E-state index in [9.17, 15) is 0 Å². The Morgan fingerprint density at radius 2 is 1.87 bits per heavy atom. The van der Waals surface area contributed by atoms with Gasteiger partial charge in [0.2, 0.25) is 0 Å². The smallest absolute Gasteiger partial charge is 0.125 e. The monoisotopic (exact) mass is 209 g/mol. The quantitative estimate of drug-likeness (QED) is 0.738. The zero-order chi connectivity index (χ0) is 11.3. The first-order valence-electron chi connectivity index (χ1n) is 5.03. The molecule has 1 aromatic rings. The fourth-order valence-electron chi connectivity index (χ4n) is 1.40. The fourth-order valence-corrected chi connectivity index (χ4v) is 1.40. The summed E-state index contributed by atoms with van der Waals surface area (Å²) in [6.07, 6.45) is 0.986. The Hall–Kier alpha value is -1.22. The van der Waals surface area contributed by atoms with Gasteiger partial charge in [-0.3, -0.25) is 0 Å². The Labute approximate surface area is 91.6 Å². The Balaban J connectivity index is 2.78. The molecule has 0 unspecified atom stereocenters. The van der Waals surface area contributed by atoms with Crippen molar-refractivity contribution >= 4 is 0 Å². The van der Waals surface area contributed by atoms with E-state index in [1.165, 1.54) is 5.56 Å². The molecule has 1 aromatic carbocycles. The molecular formula is C12H19NO2. The van der Waals surface area contributed by atoms with Crippen molar-refractivity contribution in [3.8, 4) is 11.5 Å². The van der Waals surface area contributed by atoms with Gasteiger partial charge in [0.25, 0.3) is 0 Å². The Bertz CT molecular complexity index is 310. The van der Waals surface area contributed by atoms with E-state index in [0.717, 1.165) is 24.5 Å². The summed E-state index contributed by atoms with van der Waals surface area (Å²) < 4.78 is 10.5. The van der Waals surface area contributed by atoms with Crippen molar-refractivity contribution in [3.05, 3.63) is 23.8 Å². The summed E-state index contributed by atoms with van der Waals surface area (Å²) in [7, 11) is 7.48. The molecule has 0 aliphatic rings. The van der Waals surface area contributed by atoms with Crippen LogP contribution in [0.25, 0.3) is 0 Å². The summed E-state index contributed by atoms with van der Waals surface area (Å²) in [5.41, 5.74) is 1.21. The first-order chi connectivity index (χ1) is 7.17. The number of methoxy groups -OCH3 is 2. The van der Waals surface area contributed by atoms with E-state index in [1.807, 2.05) is 12.1 Å². The summed E-state index contributed by atoms with van der Waals surface area (Å²) in [5, 5.41) is 0. The standard InChI is InChI=1S/C12H19NO2/c1-13(2)8-7-10-5-6-11(14-3)9-12(10)15-4/h5-6,9H,7-8H2,1-4H3. The van der Waals surface area contributed by atoms with E-state index in [-0.39, 0.29) is 0 Å². The normalized spacial score (nSPS) is 10.5. The van der Waals surface area contributed by atoms with Crippen molar-refractivity contribution in [2.75, 3.05) is 34.9 Å². The molecule has 3 heteroatoms. The van der Waals surface area contributed by atoms with Crippen molar-refractivity contribution in [2.24, 2.45) is 0 Å². The van der Waals surface area contributed by atoms with Gasteiger partial charge in [0, 0.05) is 12.6 Å². The minimum Gasteiger partial charge on any atom is -0.497 e. The summed E-state index contributed by atoms with van der Waals surface area (Å²) >= 11 is 0. The van der Waals surface area contributed by atoms with Crippen LogP contribution in [0.15, 0.2) is 18.2 Å². The first-order valence-corrected chi connectivity index (χ1v) is 5.03. The molecule has 0 amide bonds. The van der Waals surface area contributed by atoms with Crippen LogP contribution >= 0.6 is 0 Å². The SMILES string of the molecule is COc1ccc(CCN(C)C)c(OC)c1.